The Morgan fingerprint density at radius 3 is 2.65 bits per heavy atom. The molecule has 1 amide bonds. The van der Waals surface area contributed by atoms with Crippen molar-refractivity contribution in [3.63, 3.8) is 0 Å². The van der Waals surface area contributed by atoms with Crippen LogP contribution in [-0.4, -0.2) is 17.4 Å². The van der Waals surface area contributed by atoms with Gasteiger partial charge in [-0.15, -0.1) is 23.5 Å². The molecular formula is C14H14ClNO2S2. The molecule has 0 fully saturated rings. The molecule has 0 saturated heterocycles. The lowest BCUT2D eigenvalue weighted by molar-refractivity contribution is -0.121. The van der Waals surface area contributed by atoms with Crippen LogP contribution in [0.1, 0.15) is 24.2 Å². The molecule has 6 heteroatoms. The normalized spacial score (nSPS) is 19.3. The molecule has 2 N–H and O–H groups in total. The summed E-state index contributed by atoms with van der Waals surface area (Å²) >= 11 is 8.90. The number of rotatable bonds is 4. The predicted octanol–water partition coefficient (Wildman–Crippen LogP) is 3.54. The number of nitrogens with two attached hydrogens (primary N) is 1. The Morgan fingerprint density at radius 1 is 1.45 bits per heavy atom. The van der Waals surface area contributed by atoms with Crippen molar-refractivity contribution in [1.29, 1.82) is 0 Å². The van der Waals surface area contributed by atoms with Crippen LogP contribution in [0, 0.1) is 0 Å². The van der Waals surface area contributed by atoms with E-state index < -0.39 is 5.91 Å². The van der Waals surface area contributed by atoms with Gasteiger partial charge in [-0.1, -0.05) is 30.7 Å². The van der Waals surface area contributed by atoms with Gasteiger partial charge in [-0.05, 0) is 23.4 Å². The average Bonchev–Trinajstić information content (AvgIpc) is 2.38. The van der Waals surface area contributed by atoms with Crippen molar-refractivity contribution >= 4 is 46.8 Å². The number of primary amides is 1. The van der Waals surface area contributed by atoms with Gasteiger partial charge in [0.25, 0.3) is 5.91 Å². The van der Waals surface area contributed by atoms with Crippen LogP contribution >= 0.6 is 35.1 Å². The van der Waals surface area contributed by atoms with Gasteiger partial charge in [0.2, 0.25) is 0 Å². The van der Waals surface area contributed by atoms with Gasteiger partial charge in [-0.2, -0.15) is 0 Å². The lowest BCUT2D eigenvalue weighted by atomic mass is 10.0. The van der Waals surface area contributed by atoms with Crippen LogP contribution < -0.4 is 5.73 Å². The first-order valence-corrected chi connectivity index (χ1v) is 8.39. The SMILES string of the molecule is CCSC1=C(C(N)=O)C(=O)CC(c2ccc(Cl)cc2)S1. The smallest absolute Gasteiger partial charge is 0.254 e. The summed E-state index contributed by atoms with van der Waals surface area (Å²) in [6, 6.07) is 7.44. The van der Waals surface area contributed by atoms with Crippen molar-refractivity contribution in [2.75, 3.05) is 5.75 Å². The van der Waals surface area contributed by atoms with Gasteiger partial charge >= 0.3 is 0 Å². The molecule has 1 aromatic rings. The fourth-order valence-electron chi connectivity index (χ4n) is 1.95. The minimum absolute atomic E-state index is 0.0110. The largest absolute Gasteiger partial charge is 0.365 e. The van der Waals surface area contributed by atoms with E-state index >= 15 is 0 Å². The summed E-state index contributed by atoms with van der Waals surface area (Å²) in [6.07, 6.45) is 0.290. The number of benzene rings is 1. The zero-order valence-electron chi connectivity index (χ0n) is 10.9. The summed E-state index contributed by atoms with van der Waals surface area (Å²) in [5, 5.41) is 0.675. The van der Waals surface area contributed by atoms with Crippen LogP contribution in [0.4, 0.5) is 0 Å². The molecule has 0 saturated carbocycles. The lowest BCUT2D eigenvalue weighted by Crippen LogP contribution is -2.25. The average molecular weight is 328 g/mol. The lowest BCUT2D eigenvalue weighted by Gasteiger charge is -2.24. The zero-order valence-corrected chi connectivity index (χ0v) is 13.3. The van der Waals surface area contributed by atoms with Gasteiger partial charge in [0.1, 0.15) is 5.57 Å². The van der Waals surface area contributed by atoms with Gasteiger partial charge in [0, 0.05) is 16.7 Å². The van der Waals surface area contributed by atoms with Crippen LogP contribution in [0.2, 0.25) is 5.02 Å². The molecule has 1 aliphatic rings. The molecule has 0 aromatic heterocycles. The fraction of sp³-hybridized carbons (Fsp3) is 0.286. The minimum atomic E-state index is -0.631. The Balaban J connectivity index is 2.32. The quantitative estimate of drug-likeness (QED) is 0.859. The van der Waals surface area contributed by atoms with Crippen molar-refractivity contribution in [3.8, 4) is 0 Å². The summed E-state index contributed by atoms with van der Waals surface area (Å²) in [5.74, 6) is -0.0140. The van der Waals surface area contributed by atoms with Crippen LogP contribution in [0.15, 0.2) is 34.1 Å². The van der Waals surface area contributed by atoms with E-state index in [1.165, 1.54) is 23.5 Å². The Labute approximate surface area is 131 Å². The standard InChI is InChI=1S/C14H14ClNO2S2/c1-2-19-14-12(13(16)18)10(17)7-11(20-14)8-3-5-9(15)6-4-8/h3-6,11H,2,7H2,1H3,(H2,16,18). The summed E-state index contributed by atoms with van der Waals surface area (Å²) in [7, 11) is 0. The second-order valence-electron chi connectivity index (χ2n) is 4.25. The number of amides is 1. The summed E-state index contributed by atoms with van der Waals surface area (Å²) in [4.78, 5) is 23.6. The molecule has 1 unspecified atom stereocenters. The highest BCUT2D eigenvalue weighted by Gasteiger charge is 2.32. The van der Waals surface area contributed by atoms with E-state index in [-0.39, 0.29) is 16.6 Å². The number of carbonyl (C=O) groups is 2. The molecule has 0 bridgehead atoms. The number of carbonyl (C=O) groups excluding carboxylic acids is 2. The van der Waals surface area contributed by atoms with Gasteiger partial charge < -0.3 is 5.73 Å². The van der Waals surface area contributed by atoms with E-state index in [1.807, 2.05) is 31.2 Å². The number of hydrogen-bond donors (Lipinski definition) is 1. The number of ketones is 1. The van der Waals surface area contributed by atoms with E-state index in [2.05, 4.69) is 0 Å². The first-order valence-electron chi connectivity index (χ1n) is 6.15. The number of thioether (sulfide) groups is 2. The molecular weight excluding hydrogens is 314 g/mol. The maximum Gasteiger partial charge on any atom is 0.254 e. The summed E-state index contributed by atoms with van der Waals surface area (Å²) < 4.78 is 0.733. The first kappa shape index (κ1) is 15.5. The highest BCUT2D eigenvalue weighted by atomic mass is 35.5. The van der Waals surface area contributed by atoms with Crippen LogP contribution in [0.5, 0.6) is 0 Å². The molecule has 106 valence electrons. The number of halogens is 1. The summed E-state index contributed by atoms with van der Waals surface area (Å²) in [6.45, 7) is 1.98. The molecule has 0 spiro atoms. The molecule has 1 aromatic carbocycles. The number of hydrogen-bond acceptors (Lipinski definition) is 4. The number of Topliss-reactive ketones (excluding diaryl/α,β-unsaturated/α-hetero) is 1. The van der Waals surface area contributed by atoms with Crippen LogP contribution in [-0.2, 0) is 9.59 Å². The molecule has 0 radical (unpaired) electrons. The monoisotopic (exact) mass is 327 g/mol. The molecule has 3 nitrogen and oxygen atoms in total. The molecule has 2 rings (SSSR count). The second kappa shape index (κ2) is 6.70. The van der Waals surface area contributed by atoms with E-state index in [9.17, 15) is 9.59 Å². The Kier molecular flexibility index (Phi) is 5.18. The van der Waals surface area contributed by atoms with E-state index in [1.54, 1.807) is 0 Å². The van der Waals surface area contributed by atoms with Crippen LogP contribution in [0.3, 0.4) is 0 Å². The molecule has 1 heterocycles. The van der Waals surface area contributed by atoms with Crippen molar-refractivity contribution in [2.24, 2.45) is 5.73 Å². The minimum Gasteiger partial charge on any atom is -0.365 e. The highest BCUT2D eigenvalue weighted by Crippen LogP contribution is 2.48. The Hall–Kier alpha value is -0.910. The van der Waals surface area contributed by atoms with Crippen molar-refractivity contribution in [2.45, 2.75) is 18.6 Å². The molecule has 1 aliphatic heterocycles. The maximum absolute atomic E-state index is 12.2. The topological polar surface area (TPSA) is 60.2 Å². The van der Waals surface area contributed by atoms with E-state index in [0.29, 0.717) is 11.4 Å². The van der Waals surface area contributed by atoms with Crippen molar-refractivity contribution in [3.05, 3.63) is 44.7 Å². The van der Waals surface area contributed by atoms with Crippen molar-refractivity contribution in [1.82, 2.24) is 0 Å². The zero-order chi connectivity index (χ0) is 14.7. The molecule has 0 aliphatic carbocycles. The highest BCUT2D eigenvalue weighted by molar-refractivity contribution is 8.22. The van der Waals surface area contributed by atoms with Crippen LogP contribution in [0.25, 0.3) is 0 Å². The molecule has 1 atom stereocenters. The Morgan fingerprint density at radius 2 is 2.10 bits per heavy atom. The Bertz CT molecular complexity index is 569. The van der Waals surface area contributed by atoms with Crippen molar-refractivity contribution < 1.29 is 9.59 Å². The third kappa shape index (κ3) is 3.40. The van der Waals surface area contributed by atoms with E-state index in [0.717, 1.165) is 15.6 Å². The molecule has 20 heavy (non-hydrogen) atoms. The summed E-state index contributed by atoms with van der Waals surface area (Å²) in [5.41, 5.74) is 6.51. The second-order valence-corrected chi connectivity index (χ2v) is 7.43. The van der Waals surface area contributed by atoms with Gasteiger partial charge in [0.05, 0.1) is 4.24 Å². The van der Waals surface area contributed by atoms with Gasteiger partial charge in [-0.3, -0.25) is 9.59 Å². The predicted molar refractivity (Wildman–Crippen MR) is 85.8 cm³/mol. The van der Waals surface area contributed by atoms with Gasteiger partial charge in [0.15, 0.2) is 5.78 Å². The fourth-order valence-corrected chi connectivity index (χ4v) is 4.79. The third-order valence-corrected chi connectivity index (χ3v) is 5.66. The van der Waals surface area contributed by atoms with Gasteiger partial charge in [-0.25, -0.2) is 0 Å². The first-order chi connectivity index (χ1) is 9.52. The maximum atomic E-state index is 12.2. The third-order valence-electron chi connectivity index (χ3n) is 2.87. The van der Waals surface area contributed by atoms with E-state index in [4.69, 9.17) is 17.3 Å².